The van der Waals surface area contributed by atoms with Gasteiger partial charge in [0.05, 0.1) is 0 Å². The molecule has 0 bridgehead atoms. The molecule has 1 rings (SSSR count). The molecule has 0 saturated carbocycles. The van der Waals surface area contributed by atoms with E-state index in [9.17, 15) is 0 Å². The van der Waals surface area contributed by atoms with Gasteiger partial charge in [-0.25, -0.2) is 0 Å². The van der Waals surface area contributed by atoms with E-state index in [1.165, 1.54) is 51.7 Å². The van der Waals surface area contributed by atoms with Crippen LogP contribution in [0.3, 0.4) is 0 Å². The average molecular weight is 241 g/mol. The van der Waals surface area contributed by atoms with Gasteiger partial charge in [0.15, 0.2) is 0 Å². The summed E-state index contributed by atoms with van der Waals surface area (Å²) in [4.78, 5) is 5.02. The predicted molar refractivity (Wildman–Crippen MR) is 75.2 cm³/mol. The number of rotatable bonds is 7. The number of hydrogen-bond donors (Lipinski definition) is 1. The molecule has 1 aliphatic rings. The molecule has 2 N–H and O–H groups in total. The largest absolute Gasteiger partial charge is 0.330 e. The van der Waals surface area contributed by atoms with E-state index in [0.29, 0.717) is 0 Å². The summed E-state index contributed by atoms with van der Waals surface area (Å²) in [7, 11) is 4.53. The van der Waals surface area contributed by atoms with Crippen molar-refractivity contribution in [2.45, 2.75) is 45.1 Å². The Bertz CT molecular complexity index is 196. The number of piperidine rings is 1. The normalized spacial score (nSPS) is 24.2. The summed E-state index contributed by atoms with van der Waals surface area (Å²) in [5.41, 5.74) is 5.58. The molecule has 3 heteroatoms. The van der Waals surface area contributed by atoms with Crippen molar-refractivity contribution in [3.8, 4) is 0 Å². The molecule has 0 aliphatic carbocycles. The zero-order valence-corrected chi connectivity index (χ0v) is 12.0. The van der Waals surface area contributed by atoms with Gasteiger partial charge >= 0.3 is 0 Å². The fourth-order valence-electron chi connectivity index (χ4n) is 2.80. The SMILES string of the molecule is CC(CCN)CCCN(C)C1CCCN(C)C1. The second kappa shape index (κ2) is 8.06. The van der Waals surface area contributed by atoms with Crippen molar-refractivity contribution >= 4 is 0 Å². The van der Waals surface area contributed by atoms with Gasteiger partial charge in [0, 0.05) is 12.6 Å². The van der Waals surface area contributed by atoms with Gasteiger partial charge in [-0.2, -0.15) is 0 Å². The molecule has 0 amide bonds. The number of likely N-dealkylation sites (tertiary alicyclic amines) is 1. The molecule has 3 nitrogen and oxygen atoms in total. The summed E-state index contributed by atoms with van der Waals surface area (Å²) in [6.45, 7) is 6.92. The van der Waals surface area contributed by atoms with Crippen LogP contribution in [0.2, 0.25) is 0 Å². The molecule has 17 heavy (non-hydrogen) atoms. The smallest absolute Gasteiger partial charge is 0.0220 e. The van der Waals surface area contributed by atoms with Crippen molar-refractivity contribution in [1.29, 1.82) is 0 Å². The standard InChI is InChI=1S/C14H31N3/c1-13(8-9-15)6-4-11-17(3)14-7-5-10-16(2)12-14/h13-14H,4-12,15H2,1-3H3. The lowest BCUT2D eigenvalue weighted by Crippen LogP contribution is -2.45. The van der Waals surface area contributed by atoms with Crippen LogP contribution in [0.1, 0.15) is 39.0 Å². The third-order valence-corrected chi connectivity index (χ3v) is 4.09. The van der Waals surface area contributed by atoms with Gasteiger partial charge in [-0.3, -0.25) is 0 Å². The van der Waals surface area contributed by atoms with E-state index in [4.69, 9.17) is 5.73 Å². The maximum absolute atomic E-state index is 5.58. The molecule has 1 aliphatic heterocycles. The van der Waals surface area contributed by atoms with Gasteiger partial charge in [-0.1, -0.05) is 6.92 Å². The van der Waals surface area contributed by atoms with E-state index in [1.807, 2.05) is 0 Å². The highest BCUT2D eigenvalue weighted by Gasteiger charge is 2.20. The van der Waals surface area contributed by atoms with Crippen LogP contribution in [-0.2, 0) is 0 Å². The topological polar surface area (TPSA) is 32.5 Å². The van der Waals surface area contributed by atoms with Crippen LogP contribution in [0, 0.1) is 5.92 Å². The predicted octanol–water partition coefficient (Wildman–Crippen LogP) is 1.78. The number of hydrogen-bond acceptors (Lipinski definition) is 3. The number of nitrogens with zero attached hydrogens (tertiary/aromatic N) is 2. The third kappa shape index (κ3) is 5.84. The van der Waals surface area contributed by atoms with Crippen LogP contribution in [0.5, 0.6) is 0 Å². The molecule has 0 radical (unpaired) electrons. The third-order valence-electron chi connectivity index (χ3n) is 4.09. The molecule has 0 spiro atoms. The van der Waals surface area contributed by atoms with Crippen molar-refractivity contribution in [2.24, 2.45) is 11.7 Å². The molecular formula is C14H31N3. The summed E-state index contributed by atoms with van der Waals surface area (Å²) >= 11 is 0. The molecular weight excluding hydrogens is 210 g/mol. The summed E-state index contributed by atoms with van der Waals surface area (Å²) in [5, 5.41) is 0. The van der Waals surface area contributed by atoms with Crippen molar-refractivity contribution in [2.75, 3.05) is 40.3 Å². The molecule has 2 atom stereocenters. The molecule has 2 unspecified atom stereocenters. The van der Waals surface area contributed by atoms with Crippen molar-refractivity contribution < 1.29 is 0 Å². The van der Waals surface area contributed by atoms with Gasteiger partial charge in [-0.15, -0.1) is 0 Å². The van der Waals surface area contributed by atoms with Gasteiger partial charge < -0.3 is 15.5 Å². The molecule has 102 valence electrons. The molecule has 1 fully saturated rings. The lowest BCUT2D eigenvalue weighted by molar-refractivity contribution is 0.132. The van der Waals surface area contributed by atoms with E-state index in [2.05, 4.69) is 30.8 Å². The molecule has 0 aromatic rings. The number of likely N-dealkylation sites (N-methyl/N-ethyl adjacent to an activating group) is 2. The summed E-state index contributed by atoms with van der Waals surface area (Å²) in [5.74, 6) is 0.794. The Labute approximate surface area is 107 Å². The van der Waals surface area contributed by atoms with E-state index in [1.54, 1.807) is 0 Å². The Kier molecular flexibility index (Phi) is 7.09. The second-order valence-corrected chi connectivity index (χ2v) is 5.86. The molecule has 0 aromatic heterocycles. The van der Waals surface area contributed by atoms with Crippen LogP contribution < -0.4 is 5.73 Å². The van der Waals surface area contributed by atoms with E-state index in [0.717, 1.165) is 18.5 Å². The van der Waals surface area contributed by atoms with Crippen molar-refractivity contribution in [1.82, 2.24) is 9.80 Å². The zero-order chi connectivity index (χ0) is 12.7. The monoisotopic (exact) mass is 241 g/mol. The first-order valence-corrected chi connectivity index (χ1v) is 7.22. The van der Waals surface area contributed by atoms with Crippen molar-refractivity contribution in [3.63, 3.8) is 0 Å². The highest BCUT2D eigenvalue weighted by atomic mass is 15.2. The maximum Gasteiger partial charge on any atom is 0.0220 e. The van der Waals surface area contributed by atoms with Gasteiger partial charge in [0.1, 0.15) is 0 Å². The minimum absolute atomic E-state index is 0.776. The Morgan fingerprint density at radius 2 is 2.18 bits per heavy atom. The Balaban J connectivity index is 2.13. The highest BCUT2D eigenvalue weighted by Crippen LogP contribution is 2.15. The lowest BCUT2D eigenvalue weighted by atomic mass is 10.0. The Hall–Kier alpha value is -0.120. The number of nitrogens with two attached hydrogens (primary N) is 1. The van der Waals surface area contributed by atoms with Gasteiger partial charge in [0.25, 0.3) is 0 Å². The first kappa shape index (κ1) is 14.9. The van der Waals surface area contributed by atoms with Crippen LogP contribution in [0.25, 0.3) is 0 Å². The fraction of sp³-hybridized carbons (Fsp3) is 1.00. The van der Waals surface area contributed by atoms with E-state index in [-0.39, 0.29) is 0 Å². The lowest BCUT2D eigenvalue weighted by Gasteiger charge is -2.36. The Morgan fingerprint density at radius 1 is 1.41 bits per heavy atom. The van der Waals surface area contributed by atoms with Crippen LogP contribution in [0.15, 0.2) is 0 Å². The van der Waals surface area contributed by atoms with Crippen molar-refractivity contribution in [3.05, 3.63) is 0 Å². The molecule has 1 saturated heterocycles. The minimum Gasteiger partial charge on any atom is -0.330 e. The maximum atomic E-state index is 5.58. The van der Waals surface area contributed by atoms with Gasteiger partial charge in [-0.05, 0) is 71.8 Å². The van der Waals surface area contributed by atoms with Crippen LogP contribution in [-0.4, -0.2) is 56.1 Å². The Morgan fingerprint density at radius 3 is 2.82 bits per heavy atom. The fourth-order valence-corrected chi connectivity index (χ4v) is 2.80. The minimum atomic E-state index is 0.776. The van der Waals surface area contributed by atoms with Crippen LogP contribution in [0.4, 0.5) is 0 Å². The van der Waals surface area contributed by atoms with E-state index >= 15 is 0 Å². The first-order chi connectivity index (χ1) is 8.13. The van der Waals surface area contributed by atoms with Gasteiger partial charge in [0.2, 0.25) is 0 Å². The molecule has 1 heterocycles. The quantitative estimate of drug-likeness (QED) is 0.737. The first-order valence-electron chi connectivity index (χ1n) is 7.22. The summed E-state index contributed by atoms with van der Waals surface area (Å²) in [6, 6.07) is 0.776. The second-order valence-electron chi connectivity index (χ2n) is 5.86. The molecule has 0 aromatic carbocycles. The zero-order valence-electron chi connectivity index (χ0n) is 12.0. The summed E-state index contributed by atoms with van der Waals surface area (Å²) in [6.07, 6.45) is 6.55. The van der Waals surface area contributed by atoms with Crippen LogP contribution >= 0.6 is 0 Å². The highest BCUT2D eigenvalue weighted by molar-refractivity contribution is 4.77. The average Bonchev–Trinajstić information content (AvgIpc) is 2.29. The summed E-state index contributed by atoms with van der Waals surface area (Å²) < 4.78 is 0. The van der Waals surface area contributed by atoms with E-state index < -0.39 is 0 Å².